The Kier molecular flexibility index (Phi) is 9.76. The predicted octanol–water partition coefficient (Wildman–Crippen LogP) is 5.00. The number of hydrogen-bond acceptors (Lipinski definition) is 12. The average Bonchev–Trinajstić information content (AvgIpc) is 3.51. The molecule has 0 radical (unpaired) electrons. The smallest absolute Gasteiger partial charge is 0.319 e. The lowest BCUT2D eigenvalue weighted by atomic mass is 9.74. The number of methoxy groups -OCH3 is 1. The maximum atomic E-state index is 17.3. The van der Waals surface area contributed by atoms with Crippen molar-refractivity contribution in [2.24, 2.45) is 5.41 Å². The number of phenolic OH excluding ortho intramolecular Hbond substituents is 1. The van der Waals surface area contributed by atoms with Gasteiger partial charge < -0.3 is 29.3 Å². The second-order valence-electron chi connectivity index (χ2n) is 15.7. The lowest BCUT2D eigenvalue weighted by Gasteiger charge is -2.50. The zero-order valence-electron chi connectivity index (χ0n) is 31.0. The van der Waals surface area contributed by atoms with E-state index in [1.807, 2.05) is 0 Å². The molecule has 4 aliphatic rings. The minimum atomic E-state index is -3.00. The summed E-state index contributed by atoms with van der Waals surface area (Å²) in [6.45, 7) is 3.54. The van der Waals surface area contributed by atoms with Crippen LogP contribution in [0.2, 0.25) is 0 Å². The minimum absolute atomic E-state index is 0.0411. The van der Waals surface area contributed by atoms with Crippen LogP contribution in [-0.2, 0) is 14.6 Å². The van der Waals surface area contributed by atoms with Gasteiger partial charge in [-0.1, -0.05) is 18.4 Å². The fourth-order valence-electron chi connectivity index (χ4n) is 9.45. The third-order valence-corrected chi connectivity index (χ3v) is 13.7. The summed E-state index contributed by atoms with van der Waals surface area (Å²) in [5.74, 6) is 1.17. The number of fused-ring (bicyclic) bond motifs is 3. The van der Waals surface area contributed by atoms with Crippen molar-refractivity contribution < 1.29 is 41.6 Å². The highest BCUT2D eigenvalue weighted by Gasteiger charge is 2.50. The molecule has 0 spiro atoms. The molecule has 12 nitrogen and oxygen atoms in total. The number of rotatable bonds is 7. The van der Waals surface area contributed by atoms with Gasteiger partial charge in [0.25, 0.3) is 0 Å². The summed E-state index contributed by atoms with van der Waals surface area (Å²) in [5, 5.41) is 22.6. The molecule has 1 aliphatic carbocycles. The number of piperidine rings is 1. The topological polar surface area (TPSA) is 147 Å². The first-order chi connectivity index (χ1) is 26.3. The standard InChI is InChI=1S/C40H45F2N5O7S/c1-4-27-29(41)9-8-24-19-26(48)20-28(31(24)27)34-33(42)35-32(37(43-34)52-3)36(46-15-16-53-22-39(2,49)21-46)45-38(44-35)54-23-40-12-5-7-30(40)47(14-6-13-40)25-10-17-55(50,51)18-11-25/h1,8-9,19-20,25,30,48-49H,5-7,10-18,21-23H2,2-3H3. The molecule has 8 rings (SSSR count). The van der Waals surface area contributed by atoms with Crippen LogP contribution in [-0.4, -0.2) is 114 Å². The predicted molar refractivity (Wildman–Crippen MR) is 203 cm³/mol. The zero-order valence-corrected chi connectivity index (χ0v) is 31.8. The molecule has 5 heterocycles. The molecular weight excluding hydrogens is 733 g/mol. The summed E-state index contributed by atoms with van der Waals surface area (Å²) in [7, 11) is -1.63. The van der Waals surface area contributed by atoms with E-state index in [0.717, 1.165) is 38.6 Å². The summed E-state index contributed by atoms with van der Waals surface area (Å²) in [4.78, 5) is 18.4. The highest BCUT2D eigenvalue weighted by atomic mass is 32.2. The van der Waals surface area contributed by atoms with Crippen molar-refractivity contribution in [3.8, 4) is 41.2 Å². The number of phenols is 1. The molecule has 2 aromatic heterocycles. The number of nitrogens with zero attached hydrogens (tertiary/aromatic N) is 5. The minimum Gasteiger partial charge on any atom is -0.508 e. The highest BCUT2D eigenvalue weighted by molar-refractivity contribution is 7.91. The molecular formula is C40H45F2N5O7S. The highest BCUT2D eigenvalue weighted by Crippen LogP contribution is 2.50. The van der Waals surface area contributed by atoms with Crippen LogP contribution in [0.3, 0.4) is 0 Å². The van der Waals surface area contributed by atoms with Gasteiger partial charge >= 0.3 is 6.01 Å². The number of aromatic nitrogens is 3. The molecule has 1 saturated carbocycles. The van der Waals surface area contributed by atoms with E-state index in [4.69, 9.17) is 25.6 Å². The van der Waals surface area contributed by atoms with Crippen molar-refractivity contribution >= 4 is 37.3 Å². The van der Waals surface area contributed by atoms with Gasteiger partial charge in [-0.3, -0.25) is 4.90 Å². The van der Waals surface area contributed by atoms with Crippen molar-refractivity contribution in [2.45, 2.75) is 69.6 Å². The number of aliphatic hydroxyl groups is 1. The summed E-state index contributed by atoms with van der Waals surface area (Å²) in [6.07, 6.45) is 11.7. The summed E-state index contributed by atoms with van der Waals surface area (Å²) in [5.41, 5.74) is -2.04. The number of sulfone groups is 1. The Balaban J connectivity index is 1.25. The van der Waals surface area contributed by atoms with Crippen LogP contribution in [0, 0.1) is 29.4 Å². The number of aromatic hydroxyl groups is 1. The maximum absolute atomic E-state index is 17.3. The molecule has 0 bridgehead atoms. The van der Waals surface area contributed by atoms with Gasteiger partial charge in [-0.05, 0) is 75.6 Å². The molecule has 4 aromatic rings. The van der Waals surface area contributed by atoms with Gasteiger partial charge in [-0.2, -0.15) is 9.97 Å². The third-order valence-electron chi connectivity index (χ3n) is 11.9. The number of β-amino-alcohol motifs (C(OH)–C–C–N with tert-alkyl or cyclic N) is 1. The number of anilines is 1. The Morgan fingerprint density at radius 1 is 1.07 bits per heavy atom. The Morgan fingerprint density at radius 3 is 2.62 bits per heavy atom. The van der Waals surface area contributed by atoms with Crippen LogP contribution in [0.4, 0.5) is 14.6 Å². The largest absolute Gasteiger partial charge is 0.508 e. The molecule has 3 aliphatic heterocycles. The number of likely N-dealkylation sites (tertiary alicyclic amines) is 1. The summed E-state index contributed by atoms with van der Waals surface area (Å²) >= 11 is 0. The van der Waals surface area contributed by atoms with Crippen LogP contribution in [0.25, 0.3) is 32.9 Å². The van der Waals surface area contributed by atoms with Gasteiger partial charge in [0, 0.05) is 35.0 Å². The number of halogens is 2. The van der Waals surface area contributed by atoms with Gasteiger partial charge in [0.15, 0.2) is 5.82 Å². The van der Waals surface area contributed by atoms with Crippen LogP contribution in [0.5, 0.6) is 17.6 Å². The van der Waals surface area contributed by atoms with E-state index in [-0.39, 0.29) is 112 Å². The molecule has 3 atom stereocenters. The lowest BCUT2D eigenvalue weighted by Crippen LogP contribution is -2.56. The van der Waals surface area contributed by atoms with Crippen molar-refractivity contribution in [3.05, 3.63) is 41.5 Å². The number of terminal acetylenes is 1. The summed E-state index contributed by atoms with van der Waals surface area (Å²) < 4.78 is 74.9. The van der Waals surface area contributed by atoms with Gasteiger partial charge in [0.05, 0.1) is 50.5 Å². The monoisotopic (exact) mass is 777 g/mol. The maximum Gasteiger partial charge on any atom is 0.319 e. The molecule has 0 amide bonds. The molecule has 4 fully saturated rings. The molecule has 292 valence electrons. The van der Waals surface area contributed by atoms with Crippen LogP contribution in [0.15, 0.2) is 24.3 Å². The fourth-order valence-corrected chi connectivity index (χ4v) is 10.9. The van der Waals surface area contributed by atoms with E-state index in [1.54, 1.807) is 11.8 Å². The Morgan fingerprint density at radius 2 is 1.85 bits per heavy atom. The van der Waals surface area contributed by atoms with Crippen LogP contribution >= 0.6 is 0 Å². The quantitative estimate of drug-likeness (QED) is 0.244. The van der Waals surface area contributed by atoms with E-state index in [2.05, 4.69) is 20.8 Å². The van der Waals surface area contributed by atoms with Gasteiger partial charge in [-0.25, -0.2) is 22.2 Å². The molecule has 2 N–H and O–H groups in total. The number of pyridine rings is 1. The Hall–Kier alpha value is -4.36. The first-order valence-electron chi connectivity index (χ1n) is 18.8. The third kappa shape index (κ3) is 6.92. The van der Waals surface area contributed by atoms with E-state index < -0.39 is 27.1 Å². The van der Waals surface area contributed by atoms with Crippen LogP contribution in [0.1, 0.15) is 57.4 Å². The van der Waals surface area contributed by atoms with Crippen LogP contribution < -0.4 is 14.4 Å². The van der Waals surface area contributed by atoms with E-state index in [9.17, 15) is 18.6 Å². The number of benzene rings is 2. The number of ether oxygens (including phenoxy) is 3. The van der Waals surface area contributed by atoms with E-state index in [1.165, 1.54) is 31.4 Å². The lowest BCUT2D eigenvalue weighted by molar-refractivity contribution is -0.0246. The first kappa shape index (κ1) is 37.6. The first-order valence-corrected chi connectivity index (χ1v) is 20.7. The normalized spacial score (nSPS) is 26.1. The summed E-state index contributed by atoms with van der Waals surface area (Å²) in [6, 6.07) is 5.63. The van der Waals surface area contributed by atoms with Crippen molar-refractivity contribution in [3.63, 3.8) is 0 Å². The average molecular weight is 778 g/mol. The molecule has 15 heteroatoms. The van der Waals surface area contributed by atoms with Gasteiger partial charge in [0.2, 0.25) is 5.88 Å². The van der Waals surface area contributed by atoms with Crippen molar-refractivity contribution in [2.75, 3.05) is 63.0 Å². The molecule has 3 saturated heterocycles. The zero-order chi connectivity index (χ0) is 38.7. The van der Waals surface area contributed by atoms with Crippen molar-refractivity contribution in [1.82, 2.24) is 19.9 Å². The Bertz CT molecular complexity index is 2310. The second-order valence-corrected chi connectivity index (χ2v) is 18.1. The van der Waals surface area contributed by atoms with Crippen molar-refractivity contribution in [1.29, 1.82) is 0 Å². The Labute approximate surface area is 318 Å². The van der Waals surface area contributed by atoms with Gasteiger partial charge in [0.1, 0.15) is 49.4 Å². The SMILES string of the molecule is C#Cc1c(F)ccc2cc(O)cc(-c3nc(OC)c4c(N5CCOCC(C)(O)C5)nc(OCC56CCCC5N(C5CCS(=O)(=O)CC5)CCC6)nc4c3F)c12. The molecule has 3 unspecified atom stereocenters. The van der Waals surface area contributed by atoms with E-state index in [0.29, 0.717) is 24.8 Å². The number of hydrogen-bond donors (Lipinski definition) is 2. The second kappa shape index (κ2) is 14.3. The van der Waals surface area contributed by atoms with E-state index >= 15 is 8.78 Å². The molecule has 55 heavy (non-hydrogen) atoms. The van der Waals surface area contributed by atoms with Gasteiger partial charge in [-0.15, -0.1) is 6.42 Å². The fraction of sp³-hybridized carbons (Fsp3) is 0.525. The molecule has 2 aromatic carbocycles.